The first-order valence-electron chi connectivity index (χ1n) is 8.16. The monoisotopic (exact) mass is 282 g/mol. The third-order valence-corrected chi connectivity index (χ3v) is 4.93. The molecular weight excluding hydrogens is 252 g/mol. The zero-order valence-corrected chi connectivity index (χ0v) is 13.0. The molecule has 4 nitrogen and oxygen atoms in total. The van der Waals surface area contributed by atoms with E-state index >= 15 is 0 Å². The predicted octanol–water partition coefficient (Wildman–Crippen LogP) is 1.82. The Balaban J connectivity index is 1.75. The number of amides is 1. The fraction of sp³-hybridized carbons (Fsp3) is 0.938. The maximum atomic E-state index is 12.3. The van der Waals surface area contributed by atoms with Gasteiger partial charge in [0.2, 0.25) is 5.91 Å². The molecule has 1 heterocycles. The highest BCUT2D eigenvalue weighted by atomic mass is 16.2. The van der Waals surface area contributed by atoms with Crippen LogP contribution in [-0.4, -0.2) is 36.2 Å². The molecule has 0 radical (unpaired) electrons. The molecule has 2 fully saturated rings. The SMILES string of the molecule is CC(C)(CCCO)CNC(=O)C1CC2CCCCC2N1. The lowest BCUT2D eigenvalue weighted by atomic mass is 9.85. The van der Waals surface area contributed by atoms with Crippen molar-refractivity contribution in [1.29, 1.82) is 0 Å². The van der Waals surface area contributed by atoms with Crippen LogP contribution in [0, 0.1) is 11.3 Å². The molecule has 4 heteroatoms. The van der Waals surface area contributed by atoms with Gasteiger partial charge < -0.3 is 15.7 Å². The van der Waals surface area contributed by atoms with E-state index in [1.807, 2.05) is 0 Å². The number of carbonyl (C=O) groups is 1. The third kappa shape index (κ3) is 4.19. The number of nitrogens with one attached hydrogen (secondary N) is 2. The van der Waals surface area contributed by atoms with Crippen molar-refractivity contribution in [2.75, 3.05) is 13.2 Å². The average molecular weight is 282 g/mol. The Labute approximate surface area is 122 Å². The van der Waals surface area contributed by atoms with Crippen LogP contribution in [0.15, 0.2) is 0 Å². The number of fused-ring (bicyclic) bond motifs is 1. The van der Waals surface area contributed by atoms with Crippen LogP contribution in [0.5, 0.6) is 0 Å². The van der Waals surface area contributed by atoms with Gasteiger partial charge in [-0.3, -0.25) is 4.79 Å². The van der Waals surface area contributed by atoms with Crippen LogP contribution in [0.2, 0.25) is 0 Å². The van der Waals surface area contributed by atoms with Crippen LogP contribution in [0.4, 0.5) is 0 Å². The van der Waals surface area contributed by atoms with Crippen molar-refractivity contribution in [2.24, 2.45) is 11.3 Å². The molecule has 0 spiro atoms. The van der Waals surface area contributed by atoms with Crippen LogP contribution in [0.25, 0.3) is 0 Å². The predicted molar refractivity (Wildman–Crippen MR) is 80.4 cm³/mol. The molecule has 20 heavy (non-hydrogen) atoms. The lowest BCUT2D eigenvalue weighted by Gasteiger charge is -2.25. The van der Waals surface area contributed by atoms with Crippen molar-refractivity contribution in [1.82, 2.24) is 10.6 Å². The zero-order chi connectivity index (χ0) is 14.6. The molecule has 0 aromatic heterocycles. The van der Waals surface area contributed by atoms with Crippen molar-refractivity contribution in [3.8, 4) is 0 Å². The quantitative estimate of drug-likeness (QED) is 0.696. The van der Waals surface area contributed by atoms with E-state index in [1.165, 1.54) is 25.7 Å². The van der Waals surface area contributed by atoms with Gasteiger partial charge in [0.05, 0.1) is 6.04 Å². The van der Waals surface area contributed by atoms with Gasteiger partial charge in [0.25, 0.3) is 0 Å². The van der Waals surface area contributed by atoms with E-state index in [9.17, 15) is 4.79 Å². The summed E-state index contributed by atoms with van der Waals surface area (Å²) in [5.74, 6) is 0.873. The number of hydrogen-bond donors (Lipinski definition) is 3. The molecule has 2 rings (SSSR count). The van der Waals surface area contributed by atoms with E-state index in [2.05, 4.69) is 24.5 Å². The number of carbonyl (C=O) groups excluding carboxylic acids is 1. The van der Waals surface area contributed by atoms with Crippen LogP contribution in [0.3, 0.4) is 0 Å². The minimum atomic E-state index is 0.0109. The zero-order valence-electron chi connectivity index (χ0n) is 13.0. The summed E-state index contributed by atoms with van der Waals surface area (Å²) >= 11 is 0. The van der Waals surface area contributed by atoms with E-state index < -0.39 is 0 Å². The van der Waals surface area contributed by atoms with E-state index in [1.54, 1.807) is 0 Å². The van der Waals surface area contributed by atoms with Crippen molar-refractivity contribution in [3.63, 3.8) is 0 Å². The van der Waals surface area contributed by atoms with Gasteiger partial charge in [0, 0.05) is 19.2 Å². The smallest absolute Gasteiger partial charge is 0.237 e. The summed E-state index contributed by atoms with van der Waals surface area (Å²) in [4.78, 5) is 12.3. The maximum absolute atomic E-state index is 12.3. The number of aliphatic hydroxyl groups excluding tert-OH is 1. The average Bonchev–Trinajstić information content (AvgIpc) is 2.86. The Morgan fingerprint density at radius 2 is 2.10 bits per heavy atom. The maximum Gasteiger partial charge on any atom is 0.237 e. The van der Waals surface area contributed by atoms with Crippen LogP contribution in [-0.2, 0) is 4.79 Å². The minimum absolute atomic E-state index is 0.0109. The highest BCUT2D eigenvalue weighted by Crippen LogP contribution is 2.33. The molecule has 1 saturated heterocycles. The fourth-order valence-electron chi connectivity index (χ4n) is 3.62. The Morgan fingerprint density at radius 1 is 1.35 bits per heavy atom. The second kappa shape index (κ2) is 6.90. The summed E-state index contributed by atoms with van der Waals surface area (Å²) in [6.07, 6.45) is 7.89. The molecule has 3 N–H and O–H groups in total. The standard InChI is InChI=1S/C16H30N2O2/c1-16(2,8-5-9-19)11-17-15(20)14-10-12-6-3-4-7-13(12)18-14/h12-14,18-19H,3-11H2,1-2H3,(H,17,20). The largest absolute Gasteiger partial charge is 0.396 e. The summed E-state index contributed by atoms with van der Waals surface area (Å²) < 4.78 is 0. The Kier molecular flexibility index (Phi) is 5.44. The molecule has 3 unspecified atom stereocenters. The third-order valence-electron chi connectivity index (χ3n) is 4.93. The molecule has 1 aliphatic carbocycles. The minimum Gasteiger partial charge on any atom is -0.396 e. The topological polar surface area (TPSA) is 61.4 Å². The Hall–Kier alpha value is -0.610. The normalized spacial score (nSPS) is 30.1. The van der Waals surface area contributed by atoms with E-state index in [0.29, 0.717) is 18.5 Å². The molecule has 116 valence electrons. The van der Waals surface area contributed by atoms with Crippen LogP contribution in [0.1, 0.15) is 58.8 Å². The molecule has 1 amide bonds. The van der Waals surface area contributed by atoms with Crippen LogP contribution < -0.4 is 10.6 Å². The van der Waals surface area contributed by atoms with Crippen molar-refractivity contribution < 1.29 is 9.90 Å². The second-order valence-electron chi connectivity index (χ2n) is 7.32. The lowest BCUT2D eigenvalue weighted by molar-refractivity contribution is -0.123. The summed E-state index contributed by atoms with van der Waals surface area (Å²) in [6.45, 7) is 5.21. The van der Waals surface area contributed by atoms with E-state index in [0.717, 1.165) is 19.3 Å². The molecule has 3 atom stereocenters. The summed E-state index contributed by atoms with van der Waals surface area (Å²) in [6, 6.07) is 0.582. The molecule has 0 aromatic rings. The van der Waals surface area contributed by atoms with Gasteiger partial charge in [0.1, 0.15) is 0 Å². The summed E-state index contributed by atoms with van der Waals surface area (Å²) in [7, 11) is 0. The van der Waals surface area contributed by atoms with Gasteiger partial charge >= 0.3 is 0 Å². The summed E-state index contributed by atoms with van der Waals surface area (Å²) in [5, 5.41) is 15.5. The first kappa shape index (κ1) is 15.8. The molecule has 1 saturated carbocycles. The lowest BCUT2D eigenvalue weighted by Crippen LogP contribution is -2.45. The highest BCUT2D eigenvalue weighted by Gasteiger charge is 2.38. The Morgan fingerprint density at radius 3 is 2.80 bits per heavy atom. The van der Waals surface area contributed by atoms with Gasteiger partial charge in [-0.15, -0.1) is 0 Å². The molecular formula is C16H30N2O2. The van der Waals surface area contributed by atoms with Gasteiger partial charge in [-0.1, -0.05) is 26.7 Å². The molecule has 2 aliphatic rings. The number of hydrogen-bond acceptors (Lipinski definition) is 3. The van der Waals surface area contributed by atoms with Crippen LogP contribution >= 0.6 is 0 Å². The van der Waals surface area contributed by atoms with E-state index in [4.69, 9.17) is 5.11 Å². The molecule has 0 bridgehead atoms. The van der Waals surface area contributed by atoms with Gasteiger partial charge in [-0.25, -0.2) is 0 Å². The first-order valence-corrected chi connectivity index (χ1v) is 8.16. The number of rotatable bonds is 6. The number of aliphatic hydroxyl groups is 1. The van der Waals surface area contributed by atoms with Crippen molar-refractivity contribution >= 4 is 5.91 Å². The van der Waals surface area contributed by atoms with Gasteiger partial charge in [-0.2, -0.15) is 0 Å². The molecule has 1 aliphatic heterocycles. The van der Waals surface area contributed by atoms with Gasteiger partial charge in [-0.05, 0) is 43.4 Å². The van der Waals surface area contributed by atoms with Gasteiger partial charge in [0.15, 0.2) is 0 Å². The highest BCUT2D eigenvalue weighted by molar-refractivity contribution is 5.82. The fourth-order valence-corrected chi connectivity index (χ4v) is 3.62. The second-order valence-corrected chi connectivity index (χ2v) is 7.32. The molecule has 0 aromatic carbocycles. The van der Waals surface area contributed by atoms with Crippen molar-refractivity contribution in [3.05, 3.63) is 0 Å². The first-order chi connectivity index (χ1) is 9.52. The summed E-state index contributed by atoms with van der Waals surface area (Å²) in [5.41, 5.74) is 0.0593. The van der Waals surface area contributed by atoms with Crippen molar-refractivity contribution in [2.45, 2.75) is 70.9 Å². The Bertz CT molecular complexity index is 316. The van der Waals surface area contributed by atoms with E-state index in [-0.39, 0.29) is 24.0 Å².